The van der Waals surface area contributed by atoms with Crippen molar-refractivity contribution >= 4 is 34.2 Å². The molecule has 1 aliphatic rings. The van der Waals surface area contributed by atoms with Gasteiger partial charge < -0.3 is 9.64 Å². The zero-order chi connectivity index (χ0) is 17.0. The molecule has 0 saturated heterocycles. The molecule has 24 heavy (non-hydrogen) atoms. The van der Waals surface area contributed by atoms with Crippen LogP contribution in [0.25, 0.3) is 5.70 Å². The van der Waals surface area contributed by atoms with E-state index < -0.39 is 13.0 Å². The molecule has 1 unspecified atom stereocenters. The van der Waals surface area contributed by atoms with Crippen LogP contribution < -0.4 is 4.74 Å². The van der Waals surface area contributed by atoms with E-state index in [2.05, 4.69) is 12.7 Å². The number of hydrogen-bond donors (Lipinski definition) is 0. The van der Waals surface area contributed by atoms with Crippen LogP contribution in [0.5, 0.6) is 5.75 Å². The van der Waals surface area contributed by atoms with Gasteiger partial charge in [0, 0.05) is 32.7 Å². The zero-order valence-electron chi connectivity index (χ0n) is 13.3. The number of benzene rings is 1. The van der Waals surface area contributed by atoms with Crippen molar-refractivity contribution in [1.29, 1.82) is 0 Å². The van der Waals surface area contributed by atoms with Gasteiger partial charge in [0.25, 0.3) is 6.43 Å². The fraction of sp³-hybridized carbons (Fsp3) is 0.353. The number of carbonyl (C=O) groups is 1. The Morgan fingerprint density at radius 3 is 2.83 bits per heavy atom. The van der Waals surface area contributed by atoms with E-state index in [9.17, 15) is 13.6 Å². The van der Waals surface area contributed by atoms with E-state index in [4.69, 9.17) is 4.74 Å². The molecular formula is C17H17F2INO2Y-. The van der Waals surface area contributed by atoms with Gasteiger partial charge in [-0.2, -0.15) is 0 Å². The van der Waals surface area contributed by atoms with Gasteiger partial charge in [-0.25, -0.2) is 14.9 Å². The Labute approximate surface area is 179 Å². The van der Waals surface area contributed by atoms with Crippen molar-refractivity contribution < 1.29 is 51.0 Å². The van der Waals surface area contributed by atoms with Crippen molar-refractivity contribution in [3.8, 4) is 5.75 Å². The largest absolute Gasteiger partial charge is 0.490 e. The predicted molar refractivity (Wildman–Crippen MR) is 93.7 cm³/mol. The monoisotopic (exact) mass is 521 g/mol. The van der Waals surface area contributed by atoms with Crippen LogP contribution in [-0.2, 0) is 37.5 Å². The molecule has 0 bridgehead atoms. The number of rotatable bonds is 6. The van der Waals surface area contributed by atoms with Gasteiger partial charge in [0.05, 0.1) is 10.5 Å². The zero-order valence-corrected chi connectivity index (χ0v) is 18.3. The Hall–Kier alpha value is -0.336. The number of carbonyl (C=O) groups excluding carboxylic acids is 1. The molecule has 127 valence electrons. The summed E-state index contributed by atoms with van der Waals surface area (Å²) in [4.78, 5) is 13.4. The van der Waals surface area contributed by atoms with Crippen molar-refractivity contribution in [3.63, 3.8) is 0 Å². The van der Waals surface area contributed by atoms with Crippen LogP contribution >= 0.6 is 22.6 Å². The second-order valence-corrected chi connectivity index (χ2v) is 6.62. The van der Waals surface area contributed by atoms with E-state index >= 15 is 0 Å². The molecule has 1 aromatic rings. The summed E-state index contributed by atoms with van der Waals surface area (Å²) in [6.07, 6.45) is 2.57. The number of allylic oxidation sites excluding steroid dienone is 1. The quantitative estimate of drug-likeness (QED) is 0.245. The third-order valence-electron chi connectivity index (χ3n) is 3.39. The summed E-state index contributed by atoms with van der Waals surface area (Å²) in [6.45, 7) is 5.21. The fourth-order valence-electron chi connectivity index (χ4n) is 2.35. The Kier molecular flexibility index (Phi) is 9.02. The molecular weight excluding hydrogens is 504 g/mol. The van der Waals surface area contributed by atoms with Gasteiger partial charge in [-0.05, 0) is 12.1 Å². The Morgan fingerprint density at radius 1 is 1.54 bits per heavy atom. The molecule has 0 saturated carbocycles. The Bertz CT molecular complexity index is 637. The number of aryl methyl sites for hydroxylation is 1. The van der Waals surface area contributed by atoms with Crippen molar-refractivity contribution in [3.05, 3.63) is 48.1 Å². The van der Waals surface area contributed by atoms with E-state index in [1.54, 1.807) is 18.2 Å². The van der Waals surface area contributed by atoms with Gasteiger partial charge >= 0.3 is 0 Å². The number of alkyl halides is 3. The molecule has 1 radical (unpaired) electrons. The summed E-state index contributed by atoms with van der Waals surface area (Å²) in [5.74, 6) is 0.368. The van der Waals surface area contributed by atoms with Crippen molar-refractivity contribution in [1.82, 2.24) is 4.90 Å². The first-order valence-electron chi connectivity index (χ1n) is 7.13. The van der Waals surface area contributed by atoms with Crippen molar-refractivity contribution in [2.24, 2.45) is 0 Å². The van der Waals surface area contributed by atoms with Crippen LogP contribution in [0, 0.1) is 13.0 Å². The molecule has 2 rings (SSSR count). The maximum absolute atomic E-state index is 12.8. The SMILES string of the molecule is C=CCOc1ccc(C2=[C-]CC(I)C(=O)N2CC(F)F)c(C)c1.[Y]. The first-order chi connectivity index (χ1) is 10.9. The summed E-state index contributed by atoms with van der Waals surface area (Å²) < 4.78 is 30.8. The maximum atomic E-state index is 12.8. The first kappa shape index (κ1) is 21.7. The minimum atomic E-state index is -2.59. The minimum absolute atomic E-state index is 0. The normalized spacial score (nSPS) is 17.4. The molecule has 0 fully saturated rings. The van der Waals surface area contributed by atoms with E-state index in [-0.39, 0.29) is 42.5 Å². The molecule has 3 nitrogen and oxygen atoms in total. The second kappa shape index (κ2) is 9.97. The molecule has 0 aromatic heterocycles. The van der Waals surface area contributed by atoms with Gasteiger partial charge in [-0.15, -0.1) is 22.9 Å². The van der Waals surface area contributed by atoms with Gasteiger partial charge in [0.15, 0.2) is 0 Å². The van der Waals surface area contributed by atoms with Crippen molar-refractivity contribution in [2.45, 2.75) is 23.7 Å². The average molecular weight is 521 g/mol. The molecule has 0 spiro atoms. The summed E-state index contributed by atoms with van der Waals surface area (Å²) in [7, 11) is 0. The standard InChI is InChI=1S/C17H17F2INO2.Y/c1-3-8-23-12-4-5-13(11(2)9-12)15-7-6-14(20)17(22)21(15)10-16(18)19;/h3-5,9,14,16H,1,6,8,10H2,2H3;/q-1;. The number of nitrogens with zero attached hydrogens (tertiary/aromatic N) is 1. The Balaban J connectivity index is 0.00000288. The third kappa shape index (κ3) is 5.33. The predicted octanol–water partition coefficient (Wildman–Crippen LogP) is 4.00. The van der Waals surface area contributed by atoms with Gasteiger partial charge in [-0.1, -0.05) is 48.6 Å². The van der Waals surface area contributed by atoms with Gasteiger partial charge in [-0.3, -0.25) is 4.79 Å². The second-order valence-electron chi connectivity index (χ2n) is 5.11. The van der Waals surface area contributed by atoms with Crippen molar-refractivity contribution in [2.75, 3.05) is 13.2 Å². The van der Waals surface area contributed by atoms with Crippen LogP contribution in [0.1, 0.15) is 17.5 Å². The van der Waals surface area contributed by atoms with Gasteiger partial charge in [0.2, 0.25) is 5.91 Å². The molecule has 1 heterocycles. The molecule has 7 heteroatoms. The van der Waals surface area contributed by atoms with E-state index in [0.29, 0.717) is 30.0 Å². The van der Waals surface area contributed by atoms with E-state index in [1.807, 2.05) is 35.6 Å². The number of hydrogen-bond acceptors (Lipinski definition) is 2. The number of amides is 1. The molecule has 0 N–H and O–H groups in total. The average Bonchev–Trinajstić information content (AvgIpc) is 2.50. The fourth-order valence-corrected chi connectivity index (χ4v) is 2.91. The van der Waals surface area contributed by atoms with E-state index in [1.165, 1.54) is 0 Å². The summed E-state index contributed by atoms with van der Waals surface area (Å²) in [5, 5.41) is 0. The number of ether oxygens (including phenoxy) is 1. The van der Waals surface area contributed by atoms with Crippen LogP contribution in [-0.4, -0.2) is 34.3 Å². The summed E-state index contributed by atoms with van der Waals surface area (Å²) in [5.41, 5.74) is 1.98. The molecule has 1 amide bonds. The third-order valence-corrected chi connectivity index (χ3v) is 4.37. The molecule has 1 aliphatic heterocycles. The molecule has 0 aliphatic carbocycles. The van der Waals surface area contributed by atoms with E-state index in [0.717, 1.165) is 10.5 Å². The molecule has 1 atom stereocenters. The summed E-state index contributed by atoms with van der Waals surface area (Å²) in [6, 6.07) is 5.34. The van der Waals surface area contributed by atoms with Gasteiger partial charge in [0.1, 0.15) is 12.4 Å². The molecule has 1 aromatic carbocycles. The van der Waals surface area contributed by atoms with Crippen LogP contribution in [0.15, 0.2) is 30.9 Å². The van der Waals surface area contributed by atoms with Crippen LogP contribution in [0.4, 0.5) is 8.78 Å². The van der Waals surface area contributed by atoms with Crippen LogP contribution in [0.3, 0.4) is 0 Å². The number of halogens is 3. The summed E-state index contributed by atoms with van der Waals surface area (Å²) >= 11 is 1.96. The van der Waals surface area contributed by atoms with Crippen LogP contribution in [0.2, 0.25) is 0 Å². The first-order valence-corrected chi connectivity index (χ1v) is 8.37. The smallest absolute Gasteiger partial charge is 0.256 e. The Morgan fingerprint density at radius 2 is 2.25 bits per heavy atom. The maximum Gasteiger partial charge on any atom is 0.256 e. The topological polar surface area (TPSA) is 29.5 Å². The minimum Gasteiger partial charge on any atom is -0.490 e.